The Morgan fingerprint density at radius 2 is 2.24 bits per heavy atom. The first kappa shape index (κ1) is 11.6. The van der Waals surface area contributed by atoms with E-state index in [1.54, 1.807) is 0 Å². The number of amides is 2. The van der Waals surface area contributed by atoms with Crippen LogP contribution < -0.4 is 0 Å². The molecular weight excluding hydrogens is 218 g/mol. The fourth-order valence-corrected chi connectivity index (χ4v) is 1.91. The van der Waals surface area contributed by atoms with E-state index in [1.165, 1.54) is 4.90 Å². The Morgan fingerprint density at radius 1 is 1.47 bits per heavy atom. The molecule has 0 radical (unpaired) electrons. The molecule has 0 bridgehead atoms. The Hall–Kier alpha value is -1.84. The SMILES string of the molecule is Cc1cccc([C@H](C)C(=O)N2CCOC2=O)c1. The van der Waals surface area contributed by atoms with Crippen molar-refractivity contribution in [1.29, 1.82) is 0 Å². The molecule has 1 fully saturated rings. The second-order valence-corrected chi connectivity index (χ2v) is 4.24. The zero-order valence-electron chi connectivity index (χ0n) is 9.97. The molecule has 0 spiro atoms. The summed E-state index contributed by atoms with van der Waals surface area (Å²) in [5, 5.41) is 0. The van der Waals surface area contributed by atoms with Gasteiger partial charge in [-0.05, 0) is 19.4 Å². The van der Waals surface area contributed by atoms with Gasteiger partial charge in [-0.25, -0.2) is 9.69 Å². The largest absolute Gasteiger partial charge is 0.447 e. The number of aryl methyl sites for hydroxylation is 1. The highest BCUT2D eigenvalue weighted by Gasteiger charge is 2.31. The molecular formula is C13H15NO3. The van der Waals surface area contributed by atoms with E-state index in [2.05, 4.69) is 0 Å². The lowest BCUT2D eigenvalue weighted by Gasteiger charge is -2.17. The number of hydrogen-bond donors (Lipinski definition) is 0. The summed E-state index contributed by atoms with van der Waals surface area (Å²) in [6.07, 6.45) is -0.533. The lowest BCUT2D eigenvalue weighted by atomic mass is 9.98. The summed E-state index contributed by atoms with van der Waals surface area (Å²) in [4.78, 5) is 24.6. The van der Waals surface area contributed by atoms with Gasteiger partial charge in [0.15, 0.2) is 0 Å². The molecule has 1 atom stereocenters. The molecule has 2 amide bonds. The van der Waals surface area contributed by atoms with Crippen molar-refractivity contribution in [2.24, 2.45) is 0 Å². The number of carbonyl (C=O) groups excluding carboxylic acids is 2. The van der Waals surface area contributed by atoms with Crippen molar-refractivity contribution in [3.8, 4) is 0 Å². The molecule has 2 rings (SSSR count). The van der Waals surface area contributed by atoms with E-state index in [0.717, 1.165) is 11.1 Å². The number of cyclic esters (lactones) is 1. The molecule has 1 aromatic carbocycles. The van der Waals surface area contributed by atoms with E-state index < -0.39 is 6.09 Å². The van der Waals surface area contributed by atoms with Gasteiger partial charge in [0.05, 0.1) is 12.5 Å². The zero-order chi connectivity index (χ0) is 12.4. The summed E-state index contributed by atoms with van der Waals surface area (Å²) in [5.74, 6) is -0.515. The van der Waals surface area contributed by atoms with Gasteiger partial charge >= 0.3 is 6.09 Å². The van der Waals surface area contributed by atoms with Crippen molar-refractivity contribution in [2.45, 2.75) is 19.8 Å². The summed E-state index contributed by atoms with van der Waals surface area (Å²) in [7, 11) is 0. The normalized spacial score (nSPS) is 16.8. The van der Waals surface area contributed by atoms with Crippen LogP contribution in [-0.4, -0.2) is 30.1 Å². The second-order valence-electron chi connectivity index (χ2n) is 4.24. The van der Waals surface area contributed by atoms with Crippen LogP contribution in [0.25, 0.3) is 0 Å². The van der Waals surface area contributed by atoms with Crippen molar-refractivity contribution in [3.05, 3.63) is 35.4 Å². The Labute approximate surface area is 100 Å². The Morgan fingerprint density at radius 3 is 2.82 bits per heavy atom. The lowest BCUT2D eigenvalue weighted by Crippen LogP contribution is -2.34. The van der Waals surface area contributed by atoms with E-state index in [0.29, 0.717) is 13.2 Å². The van der Waals surface area contributed by atoms with Crippen LogP contribution >= 0.6 is 0 Å². The summed E-state index contributed by atoms with van der Waals surface area (Å²) < 4.78 is 4.76. The number of imide groups is 1. The van der Waals surface area contributed by atoms with Crippen LogP contribution in [0.1, 0.15) is 24.0 Å². The number of benzene rings is 1. The van der Waals surface area contributed by atoms with Crippen LogP contribution in [0.2, 0.25) is 0 Å². The summed E-state index contributed by atoms with van der Waals surface area (Å²) in [5.41, 5.74) is 2.03. The third-order valence-corrected chi connectivity index (χ3v) is 2.94. The van der Waals surface area contributed by atoms with Crippen LogP contribution in [0.5, 0.6) is 0 Å². The number of nitrogens with zero attached hydrogens (tertiary/aromatic N) is 1. The Kier molecular flexibility index (Phi) is 3.13. The van der Waals surface area contributed by atoms with Gasteiger partial charge in [-0.15, -0.1) is 0 Å². The maximum absolute atomic E-state index is 12.1. The van der Waals surface area contributed by atoms with Gasteiger partial charge in [0.25, 0.3) is 0 Å². The minimum atomic E-state index is -0.533. The van der Waals surface area contributed by atoms with E-state index in [-0.39, 0.29) is 11.8 Å². The van der Waals surface area contributed by atoms with E-state index in [4.69, 9.17) is 4.74 Å². The molecule has 17 heavy (non-hydrogen) atoms. The lowest BCUT2D eigenvalue weighted by molar-refractivity contribution is -0.128. The number of carbonyl (C=O) groups is 2. The first-order valence-corrected chi connectivity index (χ1v) is 5.64. The van der Waals surface area contributed by atoms with Crippen molar-refractivity contribution < 1.29 is 14.3 Å². The molecule has 0 saturated carbocycles. The predicted molar refractivity (Wildman–Crippen MR) is 62.7 cm³/mol. The molecule has 1 heterocycles. The molecule has 1 aromatic rings. The summed E-state index contributed by atoms with van der Waals surface area (Å²) in [6.45, 7) is 4.44. The van der Waals surface area contributed by atoms with Crippen LogP contribution in [-0.2, 0) is 9.53 Å². The van der Waals surface area contributed by atoms with Gasteiger partial charge in [-0.3, -0.25) is 4.79 Å². The van der Waals surface area contributed by atoms with E-state index >= 15 is 0 Å². The topological polar surface area (TPSA) is 46.6 Å². The molecule has 1 aliphatic heterocycles. The van der Waals surface area contributed by atoms with Crippen molar-refractivity contribution in [1.82, 2.24) is 4.90 Å². The Bertz CT molecular complexity index is 456. The fraction of sp³-hybridized carbons (Fsp3) is 0.385. The first-order chi connectivity index (χ1) is 8.09. The minimum absolute atomic E-state index is 0.196. The van der Waals surface area contributed by atoms with Gasteiger partial charge in [0.2, 0.25) is 5.91 Å². The minimum Gasteiger partial charge on any atom is -0.447 e. The molecule has 90 valence electrons. The Balaban J connectivity index is 2.17. The number of rotatable bonds is 2. The van der Waals surface area contributed by atoms with E-state index in [1.807, 2.05) is 38.1 Å². The number of ether oxygens (including phenoxy) is 1. The highest BCUT2D eigenvalue weighted by atomic mass is 16.6. The molecule has 1 saturated heterocycles. The van der Waals surface area contributed by atoms with Crippen LogP contribution in [0.15, 0.2) is 24.3 Å². The summed E-state index contributed by atoms with van der Waals surface area (Å²) >= 11 is 0. The second kappa shape index (κ2) is 4.57. The van der Waals surface area contributed by atoms with Gasteiger partial charge in [-0.2, -0.15) is 0 Å². The quantitative estimate of drug-likeness (QED) is 0.785. The van der Waals surface area contributed by atoms with Gasteiger partial charge in [-0.1, -0.05) is 29.8 Å². The third-order valence-electron chi connectivity index (χ3n) is 2.94. The molecule has 0 unspecified atom stereocenters. The van der Waals surface area contributed by atoms with Crippen molar-refractivity contribution >= 4 is 12.0 Å². The standard InChI is InChI=1S/C13H15NO3/c1-9-4-3-5-11(8-9)10(2)12(15)14-6-7-17-13(14)16/h3-5,8,10H,6-7H2,1-2H3/t10-/m0/s1. The maximum Gasteiger partial charge on any atom is 0.416 e. The average molecular weight is 233 g/mol. The summed E-state index contributed by atoms with van der Waals surface area (Å²) in [6, 6.07) is 7.75. The number of hydrogen-bond acceptors (Lipinski definition) is 3. The van der Waals surface area contributed by atoms with Crippen LogP contribution in [0.3, 0.4) is 0 Å². The smallest absolute Gasteiger partial charge is 0.416 e. The first-order valence-electron chi connectivity index (χ1n) is 5.64. The van der Waals surface area contributed by atoms with Crippen LogP contribution in [0.4, 0.5) is 4.79 Å². The van der Waals surface area contributed by atoms with Crippen molar-refractivity contribution in [2.75, 3.05) is 13.2 Å². The third kappa shape index (κ3) is 2.30. The maximum atomic E-state index is 12.1. The van der Waals surface area contributed by atoms with Gasteiger partial charge in [0.1, 0.15) is 6.61 Å². The molecule has 0 N–H and O–H groups in total. The molecule has 0 aromatic heterocycles. The average Bonchev–Trinajstić information content (AvgIpc) is 2.73. The van der Waals surface area contributed by atoms with Crippen molar-refractivity contribution in [3.63, 3.8) is 0 Å². The highest BCUT2D eigenvalue weighted by Crippen LogP contribution is 2.20. The monoisotopic (exact) mass is 233 g/mol. The predicted octanol–water partition coefficient (Wildman–Crippen LogP) is 2.08. The van der Waals surface area contributed by atoms with E-state index in [9.17, 15) is 9.59 Å². The van der Waals surface area contributed by atoms with Gasteiger partial charge < -0.3 is 4.74 Å². The van der Waals surface area contributed by atoms with Gasteiger partial charge in [0, 0.05) is 0 Å². The highest BCUT2D eigenvalue weighted by molar-refractivity contribution is 5.96. The van der Waals surface area contributed by atoms with Crippen LogP contribution in [0, 0.1) is 6.92 Å². The molecule has 4 heteroatoms. The molecule has 1 aliphatic rings. The molecule has 4 nitrogen and oxygen atoms in total. The zero-order valence-corrected chi connectivity index (χ0v) is 9.97. The fourth-order valence-electron chi connectivity index (χ4n) is 1.91. The molecule has 0 aliphatic carbocycles.